The Morgan fingerprint density at radius 1 is 1.10 bits per heavy atom. The van der Waals surface area contributed by atoms with Crippen molar-refractivity contribution < 1.29 is 28.3 Å². The van der Waals surface area contributed by atoms with Crippen molar-refractivity contribution >= 4 is 29.4 Å². The number of rotatable bonds is 9. The SMILES string of the molecule is CCOC(=O)CC1CCN(C(=O)C(C)(C)C(CC)NC(=O)c2ccc(C(=N)N3CCC(=O)CC3)cc2F)CC1. The van der Waals surface area contributed by atoms with Crippen molar-refractivity contribution in [2.45, 2.75) is 72.3 Å². The number of piperidine rings is 2. The second-order valence-corrected chi connectivity index (χ2v) is 11.0. The minimum Gasteiger partial charge on any atom is -0.466 e. The van der Waals surface area contributed by atoms with E-state index < -0.39 is 23.2 Å². The zero-order valence-corrected chi connectivity index (χ0v) is 23.5. The molecule has 214 valence electrons. The monoisotopic (exact) mass is 544 g/mol. The number of nitrogens with one attached hydrogen (secondary N) is 2. The molecular formula is C29H41FN4O5. The molecule has 0 aliphatic carbocycles. The normalized spacial score (nSPS) is 17.5. The van der Waals surface area contributed by atoms with Gasteiger partial charge in [-0.25, -0.2) is 4.39 Å². The largest absolute Gasteiger partial charge is 0.466 e. The van der Waals surface area contributed by atoms with Crippen LogP contribution in [0.4, 0.5) is 4.39 Å². The maximum atomic E-state index is 15.0. The third-order valence-corrected chi connectivity index (χ3v) is 7.92. The number of halogens is 1. The van der Waals surface area contributed by atoms with Crippen LogP contribution in [-0.4, -0.2) is 78.0 Å². The topological polar surface area (TPSA) is 120 Å². The lowest BCUT2D eigenvalue weighted by Crippen LogP contribution is -2.54. The molecule has 0 saturated carbocycles. The van der Waals surface area contributed by atoms with Gasteiger partial charge in [0, 0.05) is 57.0 Å². The van der Waals surface area contributed by atoms with Crippen LogP contribution in [0, 0.1) is 22.6 Å². The van der Waals surface area contributed by atoms with Gasteiger partial charge in [0.05, 0.1) is 17.6 Å². The number of esters is 1. The van der Waals surface area contributed by atoms with Crippen molar-refractivity contribution in [3.8, 4) is 0 Å². The fourth-order valence-electron chi connectivity index (χ4n) is 5.39. The summed E-state index contributed by atoms with van der Waals surface area (Å²) in [6.45, 7) is 9.49. The quantitative estimate of drug-likeness (QED) is 0.279. The number of amidine groups is 1. The Bertz CT molecular complexity index is 1090. The summed E-state index contributed by atoms with van der Waals surface area (Å²) in [5.41, 5.74) is -0.739. The molecular weight excluding hydrogens is 503 g/mol. The van der Waals surface area contributed by atoms with Gasteiger partial charge in [-0.1, -0.05) is 13.0 Å². The van der Waals surface area contributed by atoms with Crippen LogP contribution >= 0.6 is 0 Å². The van der Waals surface area contributed by atoms with Crippen molar-refractivity contribution in [1.29, 1.82) is 5.41 Å². The van der Waals surface area contributed by atoms with Gasteiger partial charge in [-0.05, 0) is 58.1 Å². The number of benzene rings is 1. The Hall–Kier alpha value is -3.30. The average Bonchev–Trinajstić information content (AvgIpc) is 2.91. The predicted molar refractivity (Wildman–Crippen MR) is 145 cm³/mol. The number of Topliss-reactive ketones (excluding diaryl/α,β-unsaturated/α-hetero) is 1. The first-order valence-corrected chi connectivity index (χ1v) is 13.9. The van der Waals surface area contributed by atoms with Gasteiger partial charge in [0.2, 0.25) is 5.91 Å². The van der Waals surface area contributed by atoms with E-state index in [9.17, 15) is 19.2 Å². The molecule has 2 heterocycles. The van der Waals surface area contributed by atoms with Crippen LogP contribution < -0.4 is 5.32 Å². The zero-order valence-electron chi connectivity index (χ0n) is 23.5. The molecule has 2 saturated heterocycles. The van der Waals surface area contributed by atoms with Gasteiger partial charge < -0.3 is 19.9 Å². The fraction of sp³-hybridized carbons (Fsp3) is 0.621. The van der Waals surface area contributed by atoms with E-state index in [4.69, 9.17) is 10.1 Å². The maximum Gasteiger partial charge on any atom is 0.306 e. The molecule has 2 aliphatic rings. The number of likely N-dealkylation sites (tertiary alicyclic amines) is 2. The standard InChI is InChI=1S/C29H41FN4O5/c1-5-24(29(3,4)28(38)34-13-9-19(10-14-34)17-25(36)39-6-2)32-27(37)22-8-7-20(18-23(22)30)26(31)33-15-11-21(35)12-16-33/h7-8,18-19,24,31H,5-6,9-17H2,1-4H3,(H,32,37). The van der Waals surface area contributed by atoms with Crippen molar-refractivity contribution in [3.63, 3.8) is 0 Å². The summed E-state index contributed by atoms with van der Waals surface area (Å²) in [7, 11) is 0. The molecule has 1 unspecified atom stereocenters. The number of ether oxygens (including phenoxy) is 1. The van der Waals surface area contributed by atoms with Crippen molar-refractivity contribution in [1.82, 2.24) is 15.1 Å². The van der Waals surface area contributed by atoms with E-state index in [0.29, 0.717) is 76.9 Å². The van der Waals surface area contributed by atoms with Crippen molar-refractivity contribution in [3.05, 3.63) is 35.1 Å². The lowest BCUT2D eigenvalue weighted by atomic mass is 9.80. The summed E-state index contributed by atoms with van der Waals surface area (Å²) >= 11 is 0. The number of carbonyl (C=O) groups is 4. The summed E-state index contributed by atoms with van der Waals surface area (Å²) in [6.07, 6.45) is 2.98. The molecule has 0 aromatic heterocycles. The molecule has 10 heteroatoms. The van der Waals surface area contributed by atoms with E-state index in [1.54, 1.807) is 30.6 Å². The first-order valence-electron chi connectivity index (χ1n) is 13.9. The number of carbonyl (C=O) groups excluding carboxylic acids is 4. The Kier molecular flexibility index (Phi) is 10.2. The number of ketones is 1. The smallest absolute Gasteiger partial charge is 0.306 e. The Morgan fingerprint density at radius 2 is 1.74 bits per heavy atom. The van der Waals surface area contributed by atoms with Crippen LogP contribution in [0.5, 0.6) is 0 Å². The van der Waals surface area contributed by atoms with Gasteiger partial charge in [0.15, 0.2) is 0 Å². The average molecular weight is 545 g/mol. The molecule has 2 N–H and O–H groups in total. The highest BCUT2D eigenvalue weighted by Crippen LogP contribution is 2.30. The van der Waals surface area contributed by atoms with Gasteiger partial charge in [0.1, 0.15) is 17.4 Å². The molecule has 0 spiro atoms. The van der Waals surface area contributed by atoms with Crippen LogP contribution in [0.3, 0.4) is 0 Å². The third-order valence-electron chi connectivity index (χ3n) is 7.92. The van der Waals surface area contributed by atoms with Crippen LogP contribution in [0.1, 0.15) is 82.1 Å². The third kappa shape index (κ3) is 7.42. The molecule has 1 aromatic carbocycles. The molecule has 0 bridgehead atoms. The van der Waals surface area contributed by atoms with E-state index in [1.165, 1.54) is 18.2 Å². The second-order valence-electron chi connectivity index (χ2n) is 11.0. The maximum absolute atomic E-state index is 15.0. The second kappa shape index (κ2) is 13.2. The van der Waals surface area contributed by atoms with Gasteiger partial charge in [-0.3, -0.25) is 24.6 Å². The fourth-order valence-corrected chi connectivity index (χ4v) is 5.39. The number of nitrogens with zero attached hydrogens (tertiary/aromatic N) is 2. The summed E-state index contributed by atoms with van der Waals surface area (Å²) in [5, 5.41) is 11.2. The van der Waals surface area contributed by atoms with Gasteiger partial charge in [-0.15, -0.1) is 0 Å². The summed E-state index contributed by atoms with van der Waals surface area (Å²) in [5.74, 6) is -1.20. The minimum atomic E-state index is -0.928. The summed E-state index contributed by atoms with van der Waals surface area (Å²) in [4.78, 5) is 53.4. The highest BCUT2D eigenvalue weighted by molar-refractivity contribution is 6.00. The highest BCUT2D eigenvalue weighted by atomic mass is 19.1. The highest BCUT2D eigenvalue weighted by Gasteiger charge is 2.41. The molecule has 9 nitrogen and oxygen atoms in total. The van der Waals surface area contributed by atoms with E-state index in [0.717, 1.165) is 0 Å². The molecule has 1 aromatic rings. The number of amides is 2. The lowest BCUT2D eigenvalue weighted by molar-refractivity contribution is -0.146. The van der Waals surface area contributed by atoms with Crippen LogP contribution in [-0.2, 0) is 19.1 Å². The van der Waals surface area contributed by atoms with Crippen LogP contribution in [0.15, 0.2) is 18.2 Å². The predicted octanol–water partition coefficient (Wildman–Crippen LogP) is 3.54. The molecule has 2 aliphatic heterocycles. The molecule has 3 rings (SSSR count). The Morgan fingerprint density at radius 3 is 2.31 bits per heavy atom. The van der Waals surface area contributed by atoms with Gasteiger partial charge in [0.25, 0.3) is 5.91 Å². The van der Waals surface area contributed by atoms with E-state index in [-0.39, 0.29) is 35.0 Å². The first kappa shape index (κ1) is 30.2. The molecule has 1 atom stereocenters. The Balaban J connectivity index is 1.61. The molecule has 2 amide bonds. The summed E-state index contributed by atoms with van der Waals surface area (Å²) in [6, 6.07) is 3.54. The van der Waals surface area contributed by atoms with Crippen LogP contribution in [0.25, 0.3) is 0 Å². The Labute approximate surface area is 229 Å². The first-order chi connectivity index (χ1) is 18.5. The van der Waals surface area contributed by atoms with E-state index in [1.807, 2.05) is 6.92 Å². The van der Waals surface area contributed by atoms with E-state index in [2.05, 4.69) is 5.32 Å². The van der Waals surface area contributed by atoms with Crippen molar-refractivity contribution in [2.24, 2.45) is 11.3 Å². The molecule has 0 radical (unpaired) electrons. The van der Waals surface area contributed by atoms with Crippen LogP contribution in [0.2, 0.25) is 0 Å². The van der Waals surface area contributed by atoms with Gasteiger partial charge >= 0.3 is 5.97 Å². The lowest BCUT2D eigenvalue weighted by Gasteiger charge is -2.40. The molecule has 2 fully saturated rings. The minimum absolute atomic E-state index is 0.0893. The molecule has 39 heavy (non-hydrogen) atoms. The zero-order chi connectivity index (χ0) is 28.7. The number of hydrogen-bond acceptors (Lipinski definition) is 6. The summed E-state index contributed by atoms with van der Waals surface area (Å²) < 4.78 is 20.1. The van der Waals surface area contributed by atoms with Gasteiger partial charge in [-0.2, -0.15) is 0 Å². The van der Waals surface area contributed by atoms with Crippen molar-refractivity contribution in [2.75, 3.05) is 32.8 Å². The van der Waals surface area contributed by atoms with E-state index >= 15 is 4.39 Å². The number of hydrogen-bond donors (Lipinski definition) is 2.